The van der Waals surface area contributed by atoms with Gasteiger partial charge in [-0.25, -0.2) is 4.79 Å². The molecule has 0 spiro atoms. The zero-order valence-electron chi connectivity index (χ0n) is 20.9. The monoisotopic (exact) mass is 449 g/mol. The highest BCUT2D eigenvalue weighted by atomic mass is 16.5. The van der Waals surface area contributed by atoms with Crippen molar-refractivity contribution in [2.24, 2.45) is 0 Å². The molecule has 0 saturated carbocycles. The minimum atomic E-state index is -0.0963. The first-order valence-electron chi connectivity index (χ1n) is 11.9. The van der Waals surface area contributed by atoms with Crippen LogP contribution in [0.2, 0.25) is 0 Å². The first-order chi connectivity index (χ1) is 15.9. The quantitative estimate of drug-likeness (QED) is 0.522. The molecule has 1 atom stereocenters. The summed E-state index contributed by atoms with van der Waals surface area (Å²) in [7, 11) is 6.01. The maximum absolute atomic E-state index is 13.7. The highest BCUT2D eigenvalue weighted by Gasteiger charge is 2.37. The molecule has 2 amide bonds. The first-order valence-corrected chi connectivity index (χ1v) is 11.9. The van der Waals surface area contributed by atoms with E-state index in [1.54, 1.807) is 7.11 Å². The van der Waals surface area contributed by atoms with E-state index in [9.17, 15) is 4.79 Å². The van der Waals surface area contributed by atoms with Crippen molar-refractivity contribution in [3.05, 3.63) is 77.4 Å². The van der Waals surface area contributed by atoms with Gasteiger partial charge in [-0.1, -0.05) is 54.1 Å². The van der Waals surface area contributed by atoms with E-state index in [0.29, 0.717) is 13.1 Å². The molecule has 0 unspecified atom stereocenters. The fourth-order valence-electron chi connectivity index (χ4n) is 4.70. The van der Waals surface area contributed by atoms with Gasteiger partial charge in [-0.15, -0.1) is 0 Å². The maximum atomic E-state index is 13.7. The van der Waals surface area contributed by atoms with Crippen LogP contribution < -0.4 is 4.74 Å². The van der Waals surface area contributed by atoms with Crippen LogP contribution in [-0.2, 0) is 12.1 Å². The number of hydrogen-bond donors (Lipinski definition) is 0. The summed E-state index contributed by atoms with van der Waals surface area (Å²) in [6.45, 7) is 6.87. The number of carbonyl (C=O) groups excluding carboxylic acids is 1. The van der Waals surface area contributed by atoms with Crippen LogP contribution in [0.4, 0.5) is 4.79 Å². The number of rotatable bonds is 7. The molecule has 1 saturated heterocycles. The Kier molecular flexibility index (Phi) is 8.56. The molecule has 0 aromatic heterocycles. The molecular weight excluding hydrogens is 410 g/mol. The summed E-state index contributed by atoms with van der Waals surface area (Å²) >= 11 is 0. The normalized spacial score (nSPS) is 19.6. The smallest absolute Gasteiger partial charge is 0.320 e. The van der Waals surface area contributed by atoms with E-state index in [4.69, 9.17) is 4.74 Å². The van der Waals surface area contributed by atoms with E-state index < -0.39 is 0 Å². The van der Waals surface area contributed by atoms with Gasteiger partial charge in [-0.3, -0.25) is 4.90 Å². The third kappa shape index (κ3) is 6.17. The number of urea groups is 1. The molecule has 2 aromatic rings. The van der Waals surface area contributed by atoms with Gasteiger partial charge in [0.25, 0.3) is 0 Å². The van der Waals surface area contributed by atoms with E-state index >= 15 is 0 Å². The van der Waals surface area contributed by atoms with Crippen LogP contribution in [0.1, 0.15) is 44.2 Å². The Morgan fingerprint density at radius 1 is 1.00 bits per heavy atom. The Hall–Kier alpha value is -2.79. The second-order valence-electron chi connectivity index (χ2n) is 9.43. The lowest BCUT2D eigenvalue weighted by Crippen LogP contribution is -2.46. The third-order valence-electron chi connectivity index (χ3n) is 6.77. The molecule has 5 nitrogen and oxygen atoms in total. The topological polar surface area (TPSA) is 36.0 Å². The standard InChI is InChI=1S/C28H39N3O2/c1-23(2)16-20-30-21-18-28(29(3)4,25-10-7-6-8-11-25)17-9-19-31(27(30)32)22-24-12-14-26(33-5)15-13-24/h6-8,10-16H,9,17-22H2,1-5H3/t28-/m0/s1. The maximum Gasteiger partial charge on any atom is 0.320 e. The van der Waals surface area contributed by atoms with Gasteiger partial charge in [0.05, 0.1) is 7.11 Å². The van der Waals surface area contributed by atoms with Gasteiger partial charge in [-0.05, 0) is 70.5 Å². The average molecular weight is 450 g/mol. The number of nitrogens with zero attached hydrogens (tertiary/aromatic N) is 3. The van der Waals surface area contributed by atoms with Crippen LogP contribution in [0.15, 0.2) is 66.2 Å². The van der Waals surface area contributed by atoms with E-state index in [2.05, 4.69) is 69.3 Å². The second-order valence-corrected chi connectivity index (χ2v) is 9.43. The molecule has 3 rings (SSSR count). The zero-order chi connectivity index (χ0) is 23.8. The van der Waals surface area contributed by atoms with Crippen molar-refractivity contribution in [2.45, 2.75) is 45.2 Å². The molecule has 0 bridgehead atoms. The first kappa shape index (κ1) is 24.8. The molecule has 1 fully saturated rings. The van der Waals surface area contributed by atoms with Crippen LogP contribution in [0, 0.1) is 0 Å². The molecule has 0 aliphatic carbocycles. The second kappa shape index (κ2) is 11.4. The average Bonchev–Trinajstić information content (AvgIpc) is 2.88. The Morgan fingerprint density at radius 2 is 1.70 bits per heavy atom. The van der Waals surface area contributed by atoms with Crippen molar-refractivity contribution in [3.63, 3.8) is 0 Å². The molecule has 5 heteroatoms. The predicted molar refractivity (Wildman–Crippen MR) is 135 cm³/mol. The summed E-state index contributed by atoms with van der Waals surface area (Å²) in [5.74, 6) is 0.832. The van der Waals surface area contributed by atoms with Crippen molar-refractivity contribution in [2.75, 3.05) is 40.8 Å². The fourth-order valence-corrected chi connectivity index (χ4v) is 4.70. The number of hydrogen-bond acceptors (Lipinski definition) is 3. The lowest BCUT2D eigenvalue weighted by Gasteiger charge is -2.41. The van der Waals surface area contributed by atoms with Crippen LogP contribution >= 0.6 is 0 Å². The van der Waals surface area contributed by atoms with Crippen molar-refractivity contribution < 1.29 is 9.53 Å². The Bertz CT molecular complexity index is 920. The molecule has 1 heterocycles. The minimum absolute atomic E-state index is 0.0963. The summed E-state index contributed by atoms with van der Waals surface area (Å²) in [5, 5.41) is 0. The number of amides is 2. The zero-order valence-corrected chi connectivity index (χ0v) is 20.9. The van der Waals surface area contributed by atoms with E-state index in [1.807, 2.05) is 34.1 Å². The molecular formula is C28H39N3O2. The minimum Gasteiger partial charge on any atom is -0.497 e. The van der Waals surface area contributed by atoms with Gasteiger partial charge in [0, 0.05) is 31.7 Å². The van der Waals surface area contributed by atoms with E-state index in [1.165, 1.54) is 11.1 Å². The van der Waals surface area contributed by atoms with Crippen LogP contribution in [0.25, 0.3) is 0 Å². The summed E-state index contributed by atoms with van der Waals surface area (Å²) in [4.78, 5) is 20.1. The summed E-state index contributed by atoms with van der Waals surface area (Å²) in [5.41, 5.74) is 3.58. The van der Waals surface area contributed by atoms with Gasteiger partial charge in [-0.2, -0.15) is 0 Å². The number of ether oxygens (including phenoxy) is 1. The number of carbonyl (C=O) groups is 1. The van der Waals surface area contributed by atoms with Gasteiger partial charge in [0.2, 0.25) is 0 Å². The Labute approximate surface area is 199 Å². The predicted octanol–water partition coefficient (Wildman–Crippen LogP) is 5.53. The summed E-state index contributed by atoms with van der Waals surface area (Å²) in [6, 6.07) is 18.9. The van der Waals surface area contributed by atoms with Gasteiger partial charge < -0.3 is 14.5 Å². The summed E-state index contributed by atoms with van der Waals surface area (Å²) < 4.78 is 5.29. The molecule has 0 N–H and O–H groups in total. The third-order valence-corrected chi connectivity index (χ3v) is 6.77. The molecule has 33 heavy (non-hydrogen) atoms. The molecule has 1 aliphatic rings. The number of allylic oxidation sites excluding steroid dienone is 1. The molecule has 0 radical (unpaired) electrons. The highest BCUT2D eigenvalue weighted by molar-refractivity contribution is 5.74. The highest BCUT2D eigenvalue weighted by Crippen LogP contribution is 2.36. The lowest BCUT2D eigenvalue weighted by atomic mass is 9.81. The van der Waals surface area contributed by atoms with Gasteiger partial charge >= 0.3 is 6.03 Å². The largest absolute Gasteiger partial charge is 0.497 e. The molecule has 178 valence electrons. The van der Waals surface area contributed by atoms with Crippen molar-refractivity contribution in [1.29, 1.82) is 0 Å². The molecule has 2 aromatic carbocycles. The van der Waals surface area contributed by atoms with Crippen molar-refractivity contribution in [3.8, 4) is 5.75 Å². The van der Waals surface area contributed by atoms with Crippen molar-refractivity contribution in [1.82, 2.24) is 14.7 Å². The van der Waals surface area contributed by atoms with Crippen molar-refractivity contribution >= 4 is 6.03 Å². The van der Waals surface area contributed by atoms with Gasteiger partial charge in [0.15, 0.2) is 0 Å². The number of methoxy groups -OCH3 is 1. The summed E-state index contributed by atoms with van der Waals surface area (Å²) in [6.07, 6.45) is 5.02. The van der Waals surface area contributed by atoms with Crippen LogP contribution in [-0.4, -0.2) is 61.6 Å². The van der Waals surface area contributed by atoms with E-state index in [0.717, 1.165) is 43.7 Å². The lowest BCUT2D eigenvalue weighted by molar-refractivity contribution is 0.113. The van der Waals surface area contributed by atoms with E-state index in [-0.39, 0.29) is 11.6 Å². The van der Waals surface area contributed by atoms with Gasteiger partial charge in [0.1, 0.15) is 5.75 Å². The van der Waals surface area contributed by atoms with Crippen LogP contribution in [0.3, 0.4) is 0 Å². The number of benzene rings is 2. The SMILES string of the molecule is COc1ccc(CN2CCC[C@](c3ccccc3)(N(C)C)CCN(CC=C(C)C)C2=O)cc1. The Balaban J connectivity index is 1.90. The Morgan fingerprint density at radius 3 is 2.30 bits per heavy atom. The molecule has 1 aliphatic heterocycles. The van der Waals surface area contributed by atoms with Crippen LogP contribution in [0.5, 0.6) is 5.75 Å². The fraction of sp³-hybridized carbons (Fsp3) is 0.464.